The first-order valence-electron chi connectivity index (χ1n) is 18.5. The number of amides is 4. The normalized spacial score (nSPS) is 27.5. The van der Waals surface area contributed by atoms with Crippen LogP contribution in [-0.4, -0.2) is 107 Å². The van der Waals surface area contributed by atoms with Gasteiger partial charge in [0.2, 0.25) is 17.7 Å². The van der Waals surface area contributed by atoms with Gasteiger partial charge >= 0.3 is 11.9 Å². The number of esters is 2. The van der Waals surface area contributed by atoms with Gasteiger partial charge in [0.15, 0.2) is 6.10 Å². The van der Waals surface area contributed by atoms with E-state index in [-0.39, 0.29) is 25.3 Å². The molecule has 0 aliphatic carbocycles. The number of nitrogens with one attached hydrogen (secondary N) is 1. The molecule has 0 bridgehead atoms. The summed E-state index contributed by atoms with van der Waals surface area (Å²) in [7, 11) is 3.00. The monoisotopic (exact) mass is 722 g/mol. The zero-order valence-corrected chi connectivity index (χ0v) is 32.3. The third kappa shape index (κ3) is 10.1. The lowest BCUT2D eigenvalue weighted by atomic mass is 9.95. The molecule has 52 heavy (non-hydrogen) atoms. The second kappa shape index (κ2) is 18.9. The van der Waals surface area contributed by atoms with Gasteiger partial charge < -0.3 is 29.5 Å². The number of unbranched alkanes of at least 4 members (excludes halogenated alkanes) is 1. The maximum atomic E-state index is 14.3. The number of cyclic esters (lactones) is 2. The molecule has 0 saturated carbocycles. The van der Waals surface area contributed by atoms with Crippen LogP contribution in [0, 0.1) is 36.0 Å². The van der Waals surface area contributed by atoms with Crippen molar-refractivity contribution >= 4 is 35.6 Å². The van der Waals surface area contributed by atoms with Crippen LogP contribution in [0.4, 0.5) is 0 Å². The fourth-order valence-corrected chi connectivity index (χ4v) is 6.97. The number of fused-ring (bicyclic) bond motifs is 1. The van der Waals surface area contributed by atoms with E-state index in [1.165, 1.54) is 28.8 Å². The summed E-state index contributed by atoms with van der Waals surface area (Å²) in [5.74, 6) is -3.00. The number of terminal acetylenes is 1. The van der Waals surface area contributed by atoms with E-state index in [0.29, 0.717) is 25.7 Å². The average molecular weight is 723 g/mol. The van der Waals surface area contributed by atoms with E-state index in [0.717, 1.165) is 5.56 Å². The molecule has 12 heteroatoms. The Balaban J connectivity index is 2.17. The highest BCUT2D eigenvalue weighted by molar-refractivity contribution is 5.95. The number of benzene rings is 1. The summed E-state index contributed by atoms with van der Waals surface area (Å²) in [5.41, 5.74) is 0.762. The van der Waals surface area contributed by atoms with Crippen LogP contribution in [0.25, 0.3) is 0 Å². The second-order valence-electron chi connectivity index (χ2n) is 15.2. The lowest BCUT2D eigenvalue weighted by molar-refractivity contribution is -0.171. The minimum atomic E-state index is -1.24. The smallest absolute Gasteiger partial charge is 0.329 e. The van der Waals surface area contributed by atoms with E-state index in [4.69, 9.17) is 15.9 Å². The Morgan fingerprint density at radius 1 is 0.846 bits per heavy atom. The van der Waals surface area contributed by atoms with Crippen molar-refractivity contribution < 1.29 is 38.2 Å². The first-order chi connectivity index (χ1) is 24.5. The molecule has 2 saturated heterocycles. The molecular weight excluding hydrogens is 664 g/mol. The van der Waals surface area contributed by atoms with Crippen LogP contribution >= 0.6 is 0 Å². The highest BCUT2D eigenvalue weighted by Gasteiger charge is 2.45. The van der Waals surface area contributed by atoms with Gasteiger partial charge in [0, 0.05) is 33.5 Å². The number of carbonyl (C=O) groups excluding carboxylic acids is 6. The second-order valence-corrected chi connectivity index (χ2v) is 15.2. The average Bonchev–Trinajstić information content (AvgIpc) is 3.59. The third-order valence-electron chi connectivity index (χ3n) is 10.2. The van der Waals surface area contributed by atoms with Crippen molar-refractivity contribution in [2.75, 3.05) is 20.6 Å². The van der Waals surface area contributed by atoms with Crippen molar-refractivity contribution in [3.63, 3.8) is 0 Å². The zero-order chi connectivity index (χ0) is 38.9. The van der Waals surface area contributed by atoms with Gasteiger partial charge in [-0.05, 0) is 49.0 Å². The molecule has 4 amide bonds. The van der Waals surface area contributed by atoms with Crippen LogP contribution in [0.15, 0.2) is 30.3 Å². The summed E-state index contributed by atoms with van der Waals surface area (Å²) < 4.78 is 12.1. The van der Waals surface area contributed by atoms with E-state index >= 15 is 0 Å². The summed E-state index contributed by atoms with van der Waals surface area (Å²) in [6.07, 6.45) is 5.50. The summed E-state index contributed by atoms with van der Waals surface area (Å²) in [5, 5.41) is 2.87. The van der Waals surface area contributed by atoms with Crippen LogP contribution in [0.3, 0.4) is 0 Å². The molecule has 1 unspecified atom stereocenters. The molecule has 1 aromatic rings. The Morgan fingerprint density at radius 2 is 1.50 bits per heavy atom. The molecule has 2 heterocycles. The molecule has 3 rings (SSSR count). The molecule has 0 radical (unpaired) electrons. The number of ether oxygens (including phenoxy) is 2. The van der Waals surface area contributed by atoms with Gasteiger partial charge in [-0.2, -0.15) is 0 Å². The molecule has 1 N–H and O–H groups in total. The van der Waals surface area contributed by atoms with Gasteiger partial charge in [-0.25, -0.2) is 9.59 Å². The van der Waals surface area contributed by atoms with Crippen molar-refractivity contribution in [3.8, 4) is 12.3 Å². The highest BCUT2D eigenvalue weighted by atomic mass is 16.6. The summed E-state index contributed by atoms with van der Waals surface area (Å²) in [6.45, 7) is 12.6. The van der Waals surface area contributed by atoms with Gasteiger partial charge in [-0.3, -0.25) is 19.2 Å². The van der Waals surface area contributed by atoms with Crippen LogP contribution in [-0.2, 0) is 44.7 Å². The zero-order valence-electron chi connectivity index (χ0n) is 32.3. The summed E-state index contributed by atoms with van der Waals surface area (Å²) in [4.78, 5) is 88.7. The van der Waals surface area contributed by atoms with Gasteiger partial charge in [0.1, 0.15) is 30.3 Å². The summed E-state index contributed by atoms with van der Waals surface area (Å²) in [6, 6.07) is 5.05. The Morgan fingerprint density at radius 3 is 2.08 bits per heavy atom. The first-order valence-corrected chi connectivity index (χ1v) is 18.5. The molecule has 2 fully saturated rings. The molecule has 2 aliphatic heterocycles. The number of rotatable bonds is 8. The SMILES string of the molecule is C#CCCC[C@@H]1OC(=O)[C@H](C(C)C)N(C)C(=O)[C@@H]2CCCN2C(=O)[C@H](C(C)C)OC(=O)[C@H](Cc2ccccc2)N(C)C(=O)C(C(C)C)NC(=O)[C@H]1C. The molecule has 1 aromatic carbocycles. The highest BCUT2D eigenvalue weighted by Crippen LogP contribution is 2.27. The maximum Gasteiger partial charge on any atom is 0.329 e. The Bertz CT molecular complexity index is 1470. The molecular formula is C40H58N4O8. The van der Waals surface area contributed by atoms with Crippen molar-refractivity contribution in [1.82, 2.24) is 20.0 Å². The topological polar surface area (TPSA) is 143 Å². The largest absolute Gasteiger partial charge is 0.460 e. The Hall–Kier alpha value is -4.40. The molecule has 286 valence electrons. The number of likely N-dealkylation sites (N-methyl/N-ethyl adjacent to an activating group) is 2. The lowest BCUT2D eigenvalue weighted by Gasteiger charge is -2.36. The molecule has 0 aromatic heterocycles. The maximum absolute atomic E-state index is 14.3. The van der Waals surface area contributed by atoms with Crippen LogP contribution in [0.2, 0.25) is 0 Å². The Labute approximate surface area is 309 Å². The quantitative estimate of drug-likeness (QED) is 0.244. The molecule has 7 atom stereocenters. The van der Waals surface area contributed by atoms with Gasteiger partial charge in [-0.15, -0.1) is 12.3 Å². The van der Waals surface area contributed by atoms with Gasteiger partial charge in [0.05, 0.1) is 5.92 Å². The van der Waals surface area contributed by atoms with Crippen molar-refractivity contribution in [2.24, 2.45) is 23.7 Å². The van der Waals surface area contributed by atoms with E-state index < -0.39 is 89.7 Å². The van der Waals surface area contributed by atoms with Crippen molar-refractivity contribution in [1.29, 1.82) is 0 Å². The first kappa shape index (κ1) is 42.0. The van der Waals surface area contributed by atoms with Crippen molar-refractivity contribution in [3.05, 3.63) is 35.9 Å². The van der Waals surface area contributed by atoms with E-state index in [2.05, 4.69) is 11.2 Å². The standard InChI is InChI=1S/C40H58N4O8/c1-11-12-14-21-31-27(8)35(45)41-32(24(2)3)37(47)42(9)30(23-28-18-15-13-16-19-28)39(49)52-34(26(6)7)38(48)44-22-17-20-29(44)36(46)43(10)33(25(4)5)40(50)51-31/h1,13,15-16,18-19,24-27,29-34H,12,14,17,20-23H2,2-10H3,(H,41,45)/t27-,29-,30-,31-,32?,33-,34-/m0/s1. The lowest BCUT2D eigenvalue weighted by Crippen LogP contribution is -2.57. The number of carbonyl (C=O) groups is 6. The molecule has 2 aliphatic rings. The predicted molar refractivity (Wildman–Crippen MR) is 196 cm³/mol. The number of hydrogen-bond donors (Lipinski definition) is 1. The number of hydrogen-bond acceptors (Lipinski definition) is 8. The van der Waals surface area contributed by atoms with E-state index in [1.54, 1.807) is 48.5 Å². The van der Waals surface area contributed by atoms with Crippen LogP contribution < -0.4 is 5.32 Å². The fourth-order valence-electron chi connectivity index (χ4n) is 6.97. The van der Waals surface area contributed by atoms with Crippen LogP contribution in [0.1, 0.15) is 86.1 Å². The van der Waals surface area contributed by atoms with E-state index in [1.807, 2.05) is 30.3 Å². The van der Waals surface area contributed by atoms with Crippen molar-refractivity contribution in [2.45, 2.75) is 123 Å². The minimum absolute atomic E-state index is 0.0928. The minimum Gasteiger partial charge on any atom is -0.460 e. The van der Waals surface area contributed by atoms with E-state index in [9.17, 15) is 28.8 Å². The molecule has 0 spiro atoms. The summed E-state index contributed by atoms with van der Waals surface area (Å²) >= 11 is 0. The van der Waals surface area contributed by atoms with Gasteiger partial charge in [-0.1, -0.05) is 78.8 Å². The predicted octanol–water partition coefficient (Wildman–Crippen LogP) is 3.60. The fraction of sp³-hybridized carbons (Fsp3) is 0.650. The van der Waals surface area contributed by atoms with Crippen LogP contribution in [0.5, 0.6) is 0 Å². The third-order valence-corrected chi connectivity index (χ3v) is 10.2. The number of nitrogens with zero attached hydrogens (tertiary/aromatic N) is 3. The molecule has 12 nitrogen and oxygen atoms in total. The van der Waals surface area contributed by atoms with Gasteiger partial charge in [0.25, 0.3) is 5.91 Å². The Kier molecular flexibility index (Phi) is 15.3.